The molecule has 2 aliphatic rings. The predicted molar refractivity (Wildman–Crippen MR) is 227 cm³/mol. The third-order valence-electron chi connectivity index (χ3n) is 11.4. The number of nitrogens with one attached hydrogen (secondary N) is 2. The fraction of sp³-hybridized carbons (Fsp3) is 0.364. The summed E-state index contributed by atoms with van der Waals surface area (Å²) in [6.45, 7) is 3.59. The lowest BCUT2D eigenvalue weighted by Crippen LogP contribution is -2.49. The molecule has 1 saturated carbocycles. The second-order valence-electron chi connectivity index (χ2n) is 15.6. The van der Waals surface area contributed by atoms with Gasteiger partial charge in [-0.25, -0.2) is 23.5 Å². The molecule has 3 aromatic carbocycles. The third-order valence-corrected chi connectivity index (χ3v) is 11.4. The van der Waals surface area contributed by atoms with Gasteiger partial charge in [0.2, 0.25) is 11.3 Å². The number of urea groups is 1. The first-order valence-corrected chi connectivity index (χ1v) is 20.7. The molecule has 1 aliphatic heterocycles. The molecule has 0 radical (unpaired) electrons. The molecular weight excluding hydrogens is 818 g/mol. The number of pyridine rings is 1. The number of amides is 4. The standard InChI is InChI=1S/C44H48FN9O9/c1-2-51-24-32(41(58)59)39(56)31-21-33(45)36(22-35(31)51)52-17-19-53(20-18-52)43(61)63-27-29-10-12-30(13-11-29)48-40(57)34(9-6-16-47-42(46)60)54-25-37(49-50-54)44(14-15-44)23-38(55)62-26-28-7-4-3-5-8-28/h3-5,7-8,10-13,21-22,24-25,34H,2,6,9,14-20,23,26-27H2,1H3,(H,48,57)(H,58,59)(H3,46,47,60)/t34-/m0/s1. The summed E-state index contributed by atoms with van der Waals surface area (Å²) in [7, 11) is 0. The van der Waals surface area contributed by atoms with E-state index in [4.69, 9.17) is 15.2 Å². The minimum absolute atomic E-state index is 0.0217. The number of carboxylic acid groups (broad SMARTS) is 1. The number of fused-ring (bicyclic) bond motifs is 1. The lowest BCUT2D eigenvalue weighted by atomic mass is 9.99. The first-order chi connectivity index (χ1) is 30.3. The van der Waals surface area contributed by atoms with E-state index in [2.05, 4.69) is 20.9 Å². The second kappa shape index (κ2) is 19.2. The molecule has 2 fully saturated rings. The number of benzene rings is 3. The van der Waals surface area contributed by atoms with E-state index < -0.39 is 46.4 Å². The molecule has 5 aromatic rings. The molecule has 18 nitrogen and oxygen atoms in total. The first kappa shape index (κ1) is 43.8. The maximum Gasteiger partial charge on any atom is 0.410 e. The minimum Gasteiger partial charge on any atom is -0.477 e. The largest absolute Gasteiger partial charge is 0.477 e. The summed E-state index contributed by atoms with van der Waals surface area (Å²) in [4.78, 5) is 78.5. The summed E-state index contributed by atoms with van der Waals surface area (Å²) in [6.07, 6.45) is 4.68. The lowest BCUT2D eigenvalue weighted by molar-refractivity contribution is -0.145. The summed E-state index contributed by atoms with van der Waals surface area (Å²) in [5.41, 5.74) is 6.79. The van der Waals surface area contributed by atoms with Crippen molar-refractivity contribution < 1.29 is 42.9 Å². The Kier molecular flexibility index (Phi) is 13.3. The van der Waals surface area contributed by atoms with E-state index in [1.807, 2.05) is 30.3 Å². The molecule has 1 saturated heterocycles. The average Bonchev–Trinajstić information content (AvgIpc) is 3.89. The highest BCUT2D eigenvalue weighted by molar-refractivity contribution is 5.94. The lowest BCUT2D eigenvalue weighted by Gasteiger charge is -2.35. The van der Waals surface area contributed by atoms with Gasteiger partial charge >= 0.3 is 24.1 Å². The van der Waals surface area contributed by atoms with E-state index in [1.54, 1.807) is 46.9 Å². The normalized spacial score (nSPS) is 14.8. The zero-order valence-corrected chi connectivity index (χ0v) is 34.6. The molecule has 19 heteroatoms. The quantitative estimate of drug-likeness (QED) is 0.0736. The molecule has 1 aliphatic carbocycles. The maximum atomic E-state index is 15.4. The number of nitrogens with two attached hydrogens (primary N) is 1. The molecule has 1 atom stereocenters. The van der Waals surface area contributed by atoms with Crippen LogP contribution in [0.1, 0.15) is 72.2 Å². The Labute approximate surface area is 360 Å². The molecule has 3 heterocycles. The number of ether oxygens (including phenoxy) is 2. The molecule has 5 N–H and O–H groups in total. The number of aromatic nitrogens is 4. The van der Waals surface area contributed by atoms with Crippen LogP contribution in [0.2, 0.25) is 0 Å². The van der Waals surface area contributed by atoms with Gasteiger partial charge in [0.15, 0.2) is 0 Å². The highest BCUT2D eigenvalue weighted by Crippen LogP contribution is 2.50. The van der Waals surface area contributed by atoms with Crippen molar-refractivity contribution in [3.63, 3.8) is 0 Å². The van der Waals surface area contributed by atoms with Crippen LogP contribution in [-0.2, 0) is 44.2 Å². The van der Waals surface area contributed by atoms with Gasteiger partial charge in [-0.15, -0.1) is 5.10 Å². The van der Waals surface area contributed by atoms with E-state index >= 15 is 4.39 Å². The van der Waals surface area contributed by atoms with Crippen molar-refractivity contribution in [3.05, 3.63) is 118 Å². The van der Waals surface area contributed by atoms with Crippen LogP contribution in [0.15, 0.2) is 83.9 Å². The van der Waals surface area contributed by atoms with Crippen LogP contribution in [0.5, 0.6) is 0 Å². The number of hydrogen-bond donors (Lipinski definition) is 4. The summed E-state index contributed by atoms with van der Waals surface area (Å²) in [5.74, 6) is -2.78. The summed E-state index contributed by atoms with van der Waals surface area (Å²) in [5, 5.41) is 23.5. The molecular formula is C44H48FN9O9. The minimum atomic E-state index is -1.38. The van der Waals surface area contributed by atoms with Crippen molar-refractivity contribution >= 4 is 52.2 Å². The van der Waals surface area contributed by atoms with Crippen LogP contribution in [0, 0.1) is 5.82 Å². The number of carboxylic acids is 1. The number of carbonyl (C=O) groups is 5. The third kappa shape index (κ3) is 10.4. The fourth-order valence-corrected chi connectivity index (χ4v) is 7.63. The topological polar surface area (TPSA) is 233 Å². The number of aryl methyl sites for hydroxylation is 1. The molecule has 0 spiro atoms. The number of carbonyl (C=O) groups excluding carboxylic acids is 4. The van der Waals surface area contributed by atoms with Crippen molar-refractivity contribution in [1.29, 1.82) is 0 Å². The van der Waals surface area contributed by atoms with E-state index in [0.717, 1.165) is 24.5 Å². The van der Waals surface area contributed by atoms with Crippen LogP contribution < -0.4 is 26.7 Å². The number of hydrogen-bond acceptors (Lipinski definition) is 11. The van der Waals surface area contributed by atoms with Crippen molar-refractivity contribution in [2.45, 2.75) is 70.2 Å². The van der Waals surface area contributed by atoms with Gasteiger partial charge in [0.05, 0.1) is 23.3 Å². The highest BCUT2D eigenvalue weighted by Gasteiger charge is 2.49. The zero-order valence-electron chi connectivity index (χ0n) is 34.6. The Bertz CT molecular complexity index is 2550. The molecule has 4 amide bonds. The number of rotatable bonds is 17. The number of primary amides is 1. The van der Waals surface area contributed by atoms with Crippen molar-refractivity contribution in [2.75, 3.05) is 42.9 Å². The molecule has 2 aromatic heterocycles. The van der Waals surface area contributed by atoms with Gasteiger partial charge in [0.1, 0.15) is 30.6 Å². The Balaban J connectivity index is 0.923. The van der Waals surface area contributed by atoms with E-state index in [0.29, 0.717) is 48.5 Å². The second-order valence-corrected chi connectivity index (χ2v) is 15.6. The number of piperazine rings is 1. The molecule has 7 rings (SSSR count). The molecule has 0 bridgehead atoms. The number of nitrogens with zero attached hydrogens (tertiary/aromatic N) is 6. The summed E-state index contributed by atoms with van der Waals surface area (Å²) >= 11 is 0. The van der Waals surface area contributed by atoms with Crippen LogP contribution in [-0.4, -0.2) is 92.3 Å². The summed E-state index contributed by atoms with van der Waals surface area (Å²) in [6, 6.07) is 17.3. The van der Waals surface area contributed by atoms with Crippen LogP contribution in [0.25, 0.3) is 10.9 Å². The van der Waals surface area contributed by atoms with Gasteiger partial charge in [0, 0.05) is 68.2 Å². The Morgan fingerprint density at radius 1 is 0.937 bits per heavy atom. The SMILES string of the molecule is CCn1cc(C(=O)O)c(=O)c2cc(F)c(N3CCN(C(=O)OCc4ccc(NC(=O)[C@H](CCCNC(N)=O)n5cc(C6(CC(=O)OCc7ccccc7)CC6)nn5)cc4)CC3)cc21. The van der Waals surface area contributed by atoms with Gasteiger partial charge in [-0.1, -0.05) is 47.7 Å². The van der Waals surface area contributed by atoms with Crippen LogP contribution in [0.4, 0.5) is 25.4 Å². The van der Waals surface area contributed by atoms with E-state index in [1.165, 1.54) is 21.8 Å². The average molecular weight is 866 g/mol. The van der Waals surface area contributed by atoms with Crippen LogP contribution in [0.3, 0.4) is 0 Å². The van der Waals surface area contributed by atoms with Gasteiger partial charge < -0.3 is 45.3 Å². The number of aromatic carboxylic acids is 1. The predicted octanol–water partition coefficient (Wildman–Crippen LogP) is 4.70. The Hall–Kier alpha value is -7.31. The van der Waals surface area contributed by atoms with Crippen molar-refractivity contribution in [2.24, 2.45) is 5.73 Å². The fourth-order valence-electron chi connectivity index (χ4n) is 7.63. The van der Waals surface area contributed by atoms with Gasteiger partial charge in [0.25, 0.3) is 0 Å². The van der Waals surface area contributed by atoms with E-state index in [-0.39, 0.29) is 68.6 Å². The highest BCUT2D eigenvalue weighted by atomic mass is 19.1. The van der Waals surface area contributed by atoms with Gasteiger partial charge in [-0.3, -0.25) is 14.4 Å². The van der Waals surface area contributed by atoms with Crippen molar-refractivity contribution in [3.8, 4) is 0 Å². The number of esters is 1. The Morgan fingerprint density at radius 3 is 2.30 bits per heavy atom. The molecule has 0 unspecified atom stereocenters. The van der Waals surface area contributed by atoms with E-state index in [9.17, 15) is 33.9 Å². The number of halogens is 1. The maximum absolute atomic E-state index is 15.4. The van der Waals surface area contributed by atoms with Crippen LogP contribution >= 0.6 is 0 Å². The molecule has 330 valence electrons. The Morgan fingerprint density at radius 2 is 1.63 bits per heavy atom. The van der Waals surface area contributed by atoms with Crippen molar-refractivity contribution in [1.82, 2.24) is 29.8 Å². The van der Waals surface area contributed by atoms with Gasteiger partial charge in [-0.05, 0) is 68.0 Å². The molecule has 63 heavy (non-hydrogen) atoms. The van der Waals surface area contributed by atoms with Gasteiger partial charge in [-0.2, -0.15) is 0 Å². The summed E-state index contributed by atoms with van der Waals surface area (Å²) < 4.78 is 29.5. The number of anilines is 2. The first-order valence-electron chi connectivity index (χ1n) is 20.7. The zero-order chi connectivity index (χ0) is 44.7. The smallest absolute Gasteiger partial charge is 0.410 e. The monoisotopic (exact) mass is 865 g/mol.